The van der Waals surface area contributed by atoms with Crippen LogP contribution in [0.25, 0.3) is 0 Å². The molecular weight excluding hydrogens is 218 g/mol. The second kappa shape index (κ2) is 4.45. The molecule has 0 bridgehead atoms. The molecule has 5 nitrogen and oxygen atoms in total. The van der Waals surface area contributed by atoms with Crippen molar-refractivity contribution in [2.75, 3.05) is 12.3 Å². The van der Waals surface area contributed by atoms with Crippen molar-refractivity contribution in [3.8, 4) is 0 Å². The minimum Gasteiger partial charge on any atom is -0.399 e. The number of nitrogens with two attached hydrogens (primary N) is 1. The Kier molecular flexibility index (Phi) is 2.99. The van der Waals surface area contributed by atoms with Gasteiger partial charge in [-0.1, -0.05) is 6.07 Å². The Hall–Kier alpha value is -2.04. The first kappa shape index (κ1) is 11.4. The van der Waals surface area contributed by atoms with Gasteiger partial charge in [0.1, 0.15) is 0 Å². The molecule has 1 fully saturated rings. The number of carbonyl (C=O) groups is 2. The number of hydrogen-bond acceptors (Lipinski definition) is 3. The normalized spacial score (nSPS) is 18.9. The van der Waals surface area contributed by atoms with Crippen molar-refractivity contribution < 1.29 is 9.59 Å². The number of carbonyl (C=O) groups excluding carboxylic acids is 2. The zero-order chi connectivity index (χ0) is 12.4. The molecule has 90 valence electrons. The molecule has 1 aliphatic rings. The zero-order valence-corrected chi connectivity index (χ0v) is 9.62. The summed E-state index contributed by atoms with van der Waals surface area (Å²) in [6.45, 7) is 2.35. The number of aryl methyl sites for hydroxylation is 1. The monoisotopic (exact) mass is 233 g/mol. The molecule has 1 unspecified atom stereocenters. The summed E-state index contributed by atoms with van der Waals surface area (Å²) < 4.78 is 0. The van der Waals surface area contributed by atoms with Crippen molar-refractivity contribution in [2.24, 2.45) is 0 Å². The summed E-state index contributed by atoms with van der Waals surface area (Å²) >= 11 is 0. The number of nitrogens with one attached hydrogen (secondary N) is 2. The van der Waals surface area contributed by atoms with Crippen molar-refractivity contribution in [1.29, 1.82) is 0 Å². The summed E-state index contributed by atoms with van der Waals surface area (Å²) in [6.07, 6.45) is 0.340. The van der Waals surface area contributed by atoms with Crippen LogP contribution in [-0.4, -0.2) is 24.4 Å². The second-order valence-corrected chi connectivity index (χ2v) is 4.25. The van der Waals surface area contributed by atoms with Gasteiger partial charge in [0, 0.05) is 24.2 Å². The van der Waals surface area contributed by atoms with Crippen LogP contribution < -0.4 is 16.4 Å². The van der Waals surface area contributed by atoms with E-state index >= 15 is 0 Å². The van der Waals surface area contributed by atoms with Gasteiger partial charge in [-0.15, -0.1) is 0 Å². The molecule has 2 rings (SSSR count). The largest absolute Gasteiger partial charge is 0.399 e. The summed E-state index contributed by atoms with van der Waals surface area (Å²) in [6, 6.07) is 5.08. The van der Waals surface area contributed by atoms with Crippen LogP contribution in [0.5, 0.6) is 0 Å². The van der Waals surface area contributed by atoms with Crippen LogP contribution in [-0.2, 0) is 4.79 Å². The SMILES string of the molecule is Cc1ccc(N)cc1C(=O)NC1CNC(=O)C1. The van der Waals surface area contributed by atoms with Gasteiger partial charge in [0.15, 0.2) is 0 Å². The number of amides is 2. The molecule has 0 saturated carbocycles. The predicted octanol–water partition coefficient (Wildman–Crippen LogP) is 0.196. The standard InChI is InChI=1S/C12H15N3O2/c1-7-2-3-8(13)4-10(7)12(17)15-9-5-11(16)14-6-9/h2-4,9H,5-6,13H2,1H3,(H,14,16)(H,15,17). The van der Waals surface area contributed by atoms with E-state index in [2.05, 4.69) is 10.6 Å². The molecule has 0 spiro atoms. The summed E-state index contributed by atoms with van der Waals surface area (Å²) in [5.74, 6) is -0.212. The Morgan fingerprint density at radius 2 is 2.29 bits per heavy atom. The van der Waals surface area contributed by atoms with Crippen LogP contribution in [0.3, 0.4) is 0 Å². The fourth-order valence-corrected chi connectivity index (χ4v) is 1.85. The zero-order valence-electron chi connectivity index (χ0n) is 9.62. The van der Waals surface area contributed by atoms with Crippen molar-refractivity contribution >= 4 is 17.5 Å². The third-order valence-corrected chi connectivity index (χ3v) is 2.82. The van der Waals surface area contributed by atoms with Gasteiger partial charge in [0.05, 0.1) is 6.04 Å². The van der Waals surface area contributed by atoms with Crippen LogP contribution in [0.1, 0.15) is 22.3 Å². The Morgan fingerprint density at radius 3 is 2.94 bits per heavy atom. The van der Waals surface area contributed by atoms with Crippen molar-refractivity contribution in [2.45, 2.75) is 19.4 Å². The second-order valence-electron chi connectivity index (χ2n) is 4.25. The van der Waals surface area contributed by atoms with Gasteiger partial charge in [-0.2, -0.15) is 0 Å². The van der Waals surface area contributed by atoms with E-state index in [0.29, 0.717) is 24.2 Å². The minimum atomic E-state index is -0.184. The van der Waals surface area contributed by atoms with Crippen molar-refractivity contribution in [3.05, 3.63) is 29.3 Å². The van der Waals surface area contributed by atoms with E-state index in [1.165, 1.54) is 0 Å². The van der Waals surface area contributed by atoms with Crippen LogP contribution >= 0.6 is 0 Å². The molecule has 1 atom stereocenters. The molecule has 0 aromatic heterocycles. The average molecular weight is 233 g/mol. The van der Waals surface area contributed by atoms with Crippen molar-refractivity contribution in [3.63, 3.8) is 0 Å². The maximum Gasteiger partial charge on any atom is 0.251 e. The molecule has 1 aromatic rings. The first-order valence-corrected chi connectivity index (χ1v) is 5.50. The third-order valence-electron chi connectivity index (χ3n) is 2.82. The summed E-state index contributed by atoms with van der Waals surface area (Å²) in [7, 11) is 0. The molecule has 1 saturated heterocycles. The Morgan fingerprint density at radius 1 is 1.53 bits per heavy atom. The van der Waals surface area contributed by atoms with Crippen LogP contribution in [0.15, 0.2) is 18.2 Å². The van der Waals surface area contributed by atoms with E-state index in [-0.39, 0.29) is 17.9 Å². The van der Waals surface area contributed by atoms with E-state index in [1.54, 1.807) is 12.1 Å². The first-order valence-electron chi connectivity index (χ1n) is 5.50. The van der Waals surface area contributed by atoms with E-state index in [0.717, 1.165) is 5.56 Å². The number of nitrogen functional groups attached to an aromatic ring is 1. The minimum absolute atomic E-state index is 0.0282. The van der Waals surface area contributed by atoms with E-state index in [1.807, 2.05) is 13.0 Å². The number of hydrogen-bond donors (Lipinski definition) is 3. The van der Waals surface area contributed by atoms with Gasteiger partial charge in [-0.25, -0.2) is 0 Å². The smallest absolute Gasteiger partial charge is 0.251 e. The van der Waals surface area contributed by atoms with Gasteiger partial charge < -0.3 is 16.4 Å². The highest BCUT2D eigenvalue weighted by Crippen LogP contribution is 2.13. The lowest BCUT2D eigenvalue weighted by Crippen LogP contribution is -2.36. The number of benzene rings is 1. The highest BCUT2D eigenvalue weighted by atomic mass is 16.2. The van der Waals surface area contributed by atoms with Gasteiger partial charge in [-0.3, -0.25) is 9.59 Å². The van der Waals surface area contributed by atoms with E-state index in [4.69, 9.17) is 5.73 Å². The molecule has 1 aromatic carbocycles. The lowest BCUT2D eigenvalue weighted by molar-refractivity contribution is -0.119. The molecule has 2 amide bonds. The summed E-state index contributed by atoms with van der Waals surface area (Å²) in [4.78, 5) is 23.0. The van der Waals surface area contributed by atoms with E-state index in [9.17, 15) is 9.59 Å². The molecule has 5 heteroatoms. The molecule has 17 heavy (non-hydrogen) atoms. The maximum atomic E-state index is 12.0. The predicted molar refractivity (Wildman–Crippen MR) is 64.5 cm³/mol. The van der Waals surface area contributed by atoms with Gasteiger partial charge in [0.2, 0.25) is 5.91 Å². The van der Waals surface area contributed by atoms with Crippen LogP contribution in [0.2, 0.25) is 0 Å². The first-order chi connectivity index (χ1) is 8.06. The Labute approximate surface area is 99.4 Å². The highest BCUT2D eigenvalue weighted by Gasteiger charge is 2.23. The fourth-order valence-electron chi connectivity index (χ4n) is 1.85. The number of rotatable bonds is 2. The highest BCUT2D eigenvalue weighted by molar-refractivity contribution is 5.97. The number of anilines is 1. The molecule has 0 radical (unpaired) electrons. The molecule has 0 aliphatic carbocycles. The Bertz CT molecular complexity index is 471. The van der Waals surface area contributed by atoms with Gasteiger partial charge in [0.25, 0.3) is 5.91 Å². The molecule has 1 heterocycles. The Balaban J connectivity index is 2.09. The van der Waals surface area contributed by atoms with E-state index < -0.39 is 0 Å². The maximum absolute atomic E-state index is 12.0. The molecule has 1 aliphatic heterocycles. The topological polar surface area (TPSA) is 84.2 Å². The quantitative estimate of drug-likeness (QED) is 0.638. The van der Waals surface area contributed by atoms with Crippen molar-refractivity contribution in [1.82, 2.24) is 10.6 Å². The summed E-state index contributed by atoms with van der Waals surface area (Å²) in [5, 5.41) is 5.49. The lowest BCUT2D eigenvalue weighted by atomic mass is 10.1. The van der Waals surface area contributed by atoms with Crippen LogP contribution in [0, 0.1) is 6.92 Å². The fraction of sp³-hybridized carbons (Fsp3) is 0.333. The molecule has 4 N–H and O–H groups in total. The third kappa shape index (κ3) is 2.55. The molecular formula is C12H15N3O2. The van der Waals surface area contributed by atoms with Gasteiger partial charge >= 0.3 is 0 Å². The van der Waals surface area contributed by atoms with Gasteiger partial charge in [-0.05, 0) is 24.6 Å². The van der Waals surface area contributed by atoms with Crippen LogP contribution in [0.4, 0.5) is 5.69 Å². The lowest BCUT2D eigenvalue weighted by Gasteiger charge is -2.12. The summed E-state index contributed by atoms with van der Waals surface area (Å²) in [5.41, 5.74) is 7.63. The average Bonchev–Trinajstić information content (AvgIpc) is 2.67.